The molecule has 1 aliphatic heterocycles. The quantitative estimate of drug-likeness (QED) is 0.347. The van der Waals surface area contributed by atoms with Crippen LogP contribution in [-0.2, 0) is 15.9 Å². The van der Waals surface area contributed by atoms with Gasteiger partial charge in [-0.05, 0) is 35.4 Å². The van der Waals surface area contributed by atoms with Gasteiger partial charge in [0.05, 0.1) is 23.7 Å². The van der Waals surface area contributed by atoms with Gasteiger partial charge in [-0.1, -0.05) is 18.2 Å². The first-order valence-electron chi connectivity index (χ1n) is 12.0. The van der Waals surface area contributed by atoms with Crippen molar-refractivity contribution in [2.24, 2.45) is 0 Å². The van der Waals surface area contributed by atoms with E-state index in [1.807, 2.05) is 11.0 Å². The summed E-state index contributed by atoms with van der Waals surface area (Å²) in [5.74, 6) is -0.0502. The van der Waals surface area contributed by atoms with Crippen molar-refractivity contribution in [3.63, 3.8) is 0 Å². The maximum Gasteiger partial charge on any atom is 0.254 e. The molecule has 37 heavy (non-hydrogen) atoms. The highest BCUT2D eigenvalue weighted by Gasteiger charge is 2.24. The second-order valence-corrected chi connectivity index (χ2v) is 10.3. The van der Waals surface area contributed by atoms with Gasteiger partial charge in [-0.3, -0.25) is 14.3 Å². The molecule has 1 amide bonds. The second-order valence-electron chi connectivity index (χ2n) is 8.93. The Morgan fingerprint density at radius 3 is 2.51 bits per heavy atom. The zero-order chi connectivity index (χ0) is 25.9. The lowest BCUT2D eigenvalue weighted by Crippen LogP contribution is -2.49. The van der Waals surface area contributed by atoms with Gasteiger partial charge in [0.2, 0.25) is 5.95 Å². The van der Waals surface area contributed by atoms with Gasteiger partial charge >= 0.3 is 0 Å². The van der Waals surface area contributed by atoms with E-state index in [1.54, 1.807) is 66.9 Å². The predicted octanol–water partition coefficient (Wildman–Crippen LogP) is 3.37. The summed E-state index contributed by atoms with van der Waals surface area (Å²) in [5.41, 5.74) is 2.21. The normalized spacial score (nSPS) is 15.3. The molecule has 0 spiro atoms. The topological polar surface area (TPSA) is 86.5 Å². The molecule has 5 rings (SSSR count). The molecule has 0 aliphatic carbocycles. The van der Waals surface area contributed by atoms with E-state index >= 15 is 0 Å². The second kappa shape index (κ2) is 11.0. The van der Waals surface area contributed by atoms with E-state index in [0.717, 1.165) is 25.0 Å². The van der Waals surface area contributed by atoms with Crippen molar-refractivity contribution in [2.75, 3.05) is 52.7 Å². The van der Waals surface area contributed by atoms with Crippen molar-refractivity contribution in [1.29, 1.82) is 0 Å². The monoisotopic (exact) mass is 521 g/mol. The third-order valence-corrected chi connectivity index (χ3v) is 7.58. The third kappa shape index (κ3) is 5.24. The lowest BCUT2D eigenvalue weighted by atomic mass is 10.1. The van der Waals surface area contributed by atoms with E-state index in [2.05, 4.69) is 14.9 Å². The standard InChI is InChI=1S/C27H28FN5O3S/c1-36-14-13-31-9-11-32(12-10-31)26(34)19-7-8-22-24(15-19)33(18-25(22)37(2)35)27-29-16-20(17-30-27)21-5-3-4-6-23(21)28/h3-8,15-18H,9-14H2,1-2H3. The molecule has 3 heterocycles. The van der Waals surface area contributed by atoms with E-state index < -0.39 is 11.2 Å². The molecule has 2 aromatic heterocycles. The van der Waals surface area contributed by atoms with Gasteiger partial charge in [-0.15, -0.1) is 0 Å². The minimum Gasteiger partial charge on any atom is -0.612 e. The molecular formula is C27H28FN5O3S. The molecule has 0 N–H and O–H groups in total. The van der Waals surface area contributed by atoms with Gasteiger partial charge in [0.25, 0.3) is 5.91 Å². The Balaban J connectivity index is 1.45. The number of piperazine rings is 1. The summed E-state index contributed by atoms with van der Waals surface area (Å²) in [4.78, 5) is 27.0. The van der Waals surface area contributed by atoms with E-state index in [0.29, 0.717) is 52.7 Å². The van der Waals surface area contributed by atoms with Crippen molar-refractivity contribution in [3.8, 4) is 17.1 Å². The molecule has 4 aromatic rings. The summed E-state index contributed by atoms with van der Waals surface area (Å²) >= 11 is -1.26. The average Bonchev–Trinajstić information content (AvgIpc) is 3.31. The van der Waals surface area contributed by atoms with Crippen LogP contribution < -0.4 is 0 Å². The zero-order valence-corrected chi connectivity index (χ0v) is 21.6. The molecule has 1 fully saturated rings. The van der Waals surface area contributed by atoms with Gasteiger partial charge in [-0.25, -0.2) is 14.4 Å². The summed E-state index contributed by atoms with van der Waals surface area (Å²) in [5, 5.41) is 0.767. The number of amides is 1. The van der Waals surface area contributed by atoms with Crippen LogP contribution >= 0.6 is 0 Å². The van der Waals surface area contributed by atoms with Crippen LogP contribution in [0.2, 0.25) is 0 Å². The number of rotatable bonds is 7. The number of ether oxygens (including phenoxy) is 1. The van der Waals surface area contributed by atoms with Crippen LogP contribution in [0.5, 0.6) is 0 Å². The molecule has 0 radical (unpaired) electrons. The number of fused-ring (bicyclic) bond motifs is 1. The minimum absolute atomic E-state index is 0.0453. The van der Waals surface area contributed by atoms with Crippen LogP contribution in [0.4, 0.5) is 4.39 Å². The van der Waals surface area contributed by atoms with E-state index in [1.165, 1.54) is 6.07 Å². The molecule has 2 aromatic carbocycles. The third-order valence-electron chi connectivity index (χ3n) is 6.64. The van der Waals surface area contributed by atoms with Gasteiger partial charge < -0.3 is 14.2 Å². The maximum absolute atomic E-state index is 14.2. The number of benzene rings is 2. The number of methoxy groups -OCH3 is 1. The summed E-state index contributed by atoms with van der Waals surface area (Å²) < 4.78 is 33.6. The molecule has 1 atom stereocenters. The Bertz CT molecular complexity index is 1400. The number of nitrogens with zero attached hydrogens (tertiary/aromatic N) is 5. The van der Waals surface area contributed by atoms with Crippen LogP contribution in [0.1, 0.15) is 10.4 Å². The molecule has 0 saturated carbocycles. The molecule has 0 bridgehead atoms. The predicted molar refractivity (Wildman–Crippen MR) is 141 cm³/mol. The number of hydrogen-bond acceptors (Lipinski definition) is 6. The van der Waals surface area contributed by atoms with Crippen LogP contribution in [0, 0.1) is 5.82 Å². The fraction of sp³-hybridized carbons (Fsp3) is 0.296. The van der Waals surface area contributed by atoms with Crippen LogP contribution in [-0.4, -0.2) is 87.5 Å². The number of hydrogen-bond donors (Lipinski definition) is 0. The molecule has 1 aliphatic rings. The smallest absolute Gasteiger partial charge is 0.254 e. The first-order valence-corrected chi connectivity index (χ1v) is 13.6. The van der Waals surface area contributed by atoms with Crippen molar-refractivity contribution in [2.45, 2.75) is 4.90 Å². The largest absolute Gasteiger partial charge is 0.612 e. The highest BCUT2D eigenvalue weighted by Crippen LogP contribution is 2.29. The fourth-order valence-electron chi connectivity index (χ4n) is 4.58. The molecule has 10 heteroatoms. The fourth-order valence-corrected chi connectivity index (χ4v) is 5.32. The Morgan fingerprint density at radius 1 is 1.11 bits per heavy atom. The van der Waals surface area contributed by atoms with Gasteiger partial charge in [-0.2, -0.15) is 0 Å². The summed E-state index contributed by atoms with van der Waals surface area (Å²) in [6, 6.07) is 11.9. The molecular weight excluding hydrogens is 493 g/mol. The van der Waals surface area contributed by atoms with E-state index in [9.17, 15) is 13.7 Å². The van der Waals surface area contributed by atoms with Crippen molar-refractivity contribution in [3.05, 3.63) is 72.4 Å². The molecule has 192 valence electrons. The number of aromatic nitrogens is 3. The van der Waals surface area contributed by atoms with Crippen LogP contribution in [0.3, 0.4) is 0 Å². The summed E-state index contributed by atoms with van der Waals surface area (Å²) in [6.45, 7) is 4.42. The van der Waals surface area contributed by atoms with E-state index in [-0.39, 0.29) is 11.7 Å². The van der Waals surface area contributed by atoms with Gasteiger partial charge in [0.15, 0.2) is 4.90 Å². The zero-order valence-electron chi connectivity index (χ0n) is 20.8. The highest BCUT2D eigenvalue weighted by atomic mass is 32.2. The average molecular weight is 522 g/mol. The summed E-state index contributed by atoms with van der Waals surface area (Å²) in [7, 11) is 1.69. The van der Waals surface area contributed by atoms with E-state index in [4.69, 9.17) is 4.74 Å². The first-order chi connectivity index (χ1) is 18.0. The Labute approximate surface area is 217 Å². The summed E-state index contributed by atoms with van der Waals surface area (Å²) in [6.07, 6.45) is 6.48. The number of carbonyl (C=O) groups excluding carboxylic acids is 1. The molecule has 1 unspecified atom stereocenters. The van der Waals surface area contributed by atoms with Crippen molar-refractivity contribution < 1.29 is 18.5 Å². The SMILES string of the molecule is COCCN1CCN(C(=O)c2ccc3c([S+](C)[O-])cn(-c4ncc(-c5ccccc5F)cn4)c3c2)CC1. The molecule has 1 saturated heterocycles. The maximum atomic E-state index is 14.2. The lowest BCUT2D eigenvalue weighted by molar-refractivity contribution is 0.0594. The minimum atomic E-state index is -1.26. The number of carbonyl (C=O) groups is 1. The van der Waals surface area contributed by atoms with Crippen LogP contribution in [0.15, 0.2) is 66.0 Å². The van der Waals surface area contributed by atoms with Crippen molar-refractivity contribution in [1.82, 2.24) is 24.3 Å². The molecule has 8 nitrogen and oxygen atoms in total. The Morgan fingerprint density at radius 2 is 1.84 bits per heavy atom. The van der Waals surface area contributed by atoms with Crippen molar-refractivity contribution >= 4 is 28.0 Å². The first kappa shape index (κ1) is 25.3. The number of halogens is 1. The van der Waals surface area contributed by atoms with Gasteiger partial charge in [0, 0.05) is 68.9 Å². The van der Waals surface area contributed by atoms with Crippen LogP contribution in [0.25, 0.3) is 28.0 Å². The Kier molecular flexibility index (Phi) is 7.52. The highest BCUT2D eigenvalue weighted by molar-refractivity contribution is 7.91. The lowest BCUT2D eigenvalue weighted by Gasteiger charge is -2.34. The van der Waals surface area contributed by atoms with Gasteiger partial charge in [0.1, 0.15) is 12.1 Å². The Hall–Kier alpha value is -3.31.